The molecule has 1 aromatic rings. The first-order valence-corrected chi connectivity index (χ1v) is 11.0. The molecule has 4 rings (SSSR count). The number of nitrogens with zero attached hydrogens (tertiary/aromatic N) is 1. The summed E-state index contributed by atoms with van der Waals surface area (Å²) >= 11 is 0. The lowest BCUT2D eigenvalue weighted by Crippen LogP contribution is -2.61. The van der Waals surface area contributed by atoms with Gasteiger partial charge < -0.3 is 35.0 Å². The van der Waals surface area contributed by atoms with Gasteiger partial charge in [-0.25, -0.2) is 4.79 Å². The fourth-order valence-electron chi connectivity index (χ4n) is 5.27. The van der Waals surface area contributed by atoms with Gasteiger partial charge in [0.05, 0.1) is 0 Å². The minimum Gasteiger partial charge on any atom is -0.504 e. The smallest absolute Gasteiger partial charge is 0.335 e. The van der Waals surface area contributed by atoms with Crippen molar-refractivity contribution >= 4 is 5.97 Å². The average Bonchev–Trinajstić information content (AvgIpc) is 2.75. The van der Waals surface area contributed by atoms with Gasteiger partial charge in [0, 0.05) is 11.6 Å². The van der Waals surface area contributed by atoms with Gasteiger partial charge in [-0.15, -0.1) is 0 Å². The standard InChI is InChI=1S/C22H31NO8.CH4/c1-2-7-23-8-3-4-12-9-13-11(10-14(12)23)5-6-15(24)19(13)30-22-18(27)16(25)17(26)20(31-22)21(28)29;/h5-6,12,14,16-18,20,22,24-27H,2-4,7-10H2,1H3,(H,28,29);1H4/t12-,14-,16+,17+,18-,20+,22-;/m1./s1. The van der Waals surface area contributed by atoms with E-state index in [9.17, 15) is 30.3 Å². The SMILES string of the molecule is C.CCCN1CCC[C@@H]2Cc3c(ccc(O)c3O[C@@H]3O[C@H](C(=O)O)[C@@H](O)[C@H](O)[C@H]3O)C[C@H]21. The Labute approximate surface area is 188 Å². The number of phenols is 1. The Morgan fingerprint density at radius 3 is 2.62 bits per heavy atom. The van der Waals surface area contributed by atoms with Crippen molar-refractivity contribution in [3.63, 3.8) is 0 Å². The number of benzene rings is 1. The van der Waals surface area contributed by atoms with E-state index in [0.29, 0.717) is 18.4 Å². The van der Waals surface area contributed by atoms with Crippen molar-refractivity contribution in [2.24, 2.45) is 5.92 Å². The number of aliphatic hydroxyl groups is 3. The normalized spacial score (nSPS) is 34.7. The van der Waals surface area contributed by atoms with Crippen LogP contribution in [-0.2, 0) is 22.4 Å². The van der Waals surface area contributed by atoms with Crippen LogP contribution in [0.5, 0.6) is 11.5 Å². The molecule has 9 heteroatoms. The van der Waals surface area contributed by atoms with E-state index in [2.05, 4.69) is 11.8 Å². The Kier molecular flexibility index (Phi) is 7.67. The summed E-state index contributed by atoms with van der Waals surface area (Å²) in [7, 11) is 0. The summed E-state index contributed by atoms with van der Waals surface area (Å²) in [5, 5.41) is 50.0. The van der Waals surface area contributed by atoms with Gasteiger partial charge in [-0.05, 0) is 62.7 Å². The lowest BCUT2D eigenvalue weighted by molar-refractivity contribution is -0.271. The fourth-order valence-corrected chi connectivity index (χ4v) is 5.27. The van der Waals surface area contributed by atoms with E-state index in [4.69, 9.17) is 9.47 Å². The number of fused-ring (bicyclic) bond motifs is 2. The molecular weight excluding hydrogens is 418 g/mol. The maximum atomic E-state index is 11.4. The van der Waals surface area contributed by atoms with Crippen LogP contribution in [0.3, 0.4) is 0 Å². The molecule has 2 aliphatic heterocycles. The number of carbonyl (C=O) groups is 1. The first-order valence-electron chi connectivity index (χ1n) is 11.0. The van der Waals surface area contributed by atoms with Gasteiger partial charge in [-0.2, -0.15) is 0 Å². The number of likely N-dealkylation sites (tertiary alicyclic amines) is 1. The van der Waals surface area contributed by atoms with Crippen LogP contribution in [0.2, 0.25) is 0 Å². The molecule has 2 heterocycles. The molecule has 180 valence electrons. The monoisotopic (exact) mass is 453 g/mol. The van der Waals surface area contributed by atoms with E-state index in [1.54, 1.807) is 0 Å². The van der Waals surface area contributed by atoms with Crippen molar-refractivity contribution in [3.8, 4) is 11.5 Å². The highest BCUT2D eigenvalue weighted by atomic mass is 16.7. The van der Waals surface area contributed by atoms with Crippen LogP contribution < -0.4 is 4.74 Å². The zero-order chi connectivity index (χ0) is 22.3. The Balaban J connectivity index is 0.00000289. The Hall–Kier alpha value is -1.91. The summed E-state index contributed by atoms with van der Waals surface area (Å²) in [5.41, 5.74) is 1.86. The van der Waals surface area contributed by atoms with E-state index < -0.39 is 36.7 Å². The molecule has 1 aromatic carbocycles. The minimum atomic E-state index is -1.79. The molecule has 5 N–H and O–H groups in total. The summed E-state index contributed by atoms with van der Waals surface area (Å²) in [6, 6.07) is 3.84. The number of rotatable bonds is 5. The number of hydrogen-bond acceptors (Lipinski definition) is 8. The molecule has 9 nitrogen and oxygen atoms in total. The molecule has 0 amide bonds. The third kappa shape index (κ3) is 4.45. The summed E-state index contributed by atoms with van der Waals surface area (Å²) in [5.74, 6) is -1.07. The number of aliphatic hydroxyl groups excluding tert-OH is 3. The molecule has 3 aliphatic rings. The van der Waals surface area contributed by atoms with Crippen LogP contribution >= 0.6 is 0 Å². The highest BCUT2D eigenvalue weighted by molar-refractivity contribution is 5.73. The maximum Gasteiger partial charge on any atom is 0.335 e. The number of carboxylic acid groups (broad SMARTS) is 1. The fraction of sp³-hybridized carbons (Fsp3) is 0.696. The number of hydrogen-bond donors (Lipinski definition) is 5. The van der Waals surface area contributed by atoms with Crippen LogP contribution in [0, 0.1) is 5.92 Å². The van der Waals surface area contributed by atoms with Crippen LogP contribution in [0.25, 0.3) is 0 Å². The molecule has 2 saturated heterocycles. The summed E-state index contributed by atoms with van der Waals surface area (Å²) in [4.78, 5) is 13.9. The molecule has 0 spiro atoms. The molecule has 0 radical (unpaired) electrons. The van der Waals surface area contributed by atoms with Gasteiger partial charge in [0.1, 0.15) is 18.3 Å². The minimum absolute atomic E-state index is 0. The molecule has 2 fully saturated rings. The predicted molar refractivity (Wildman–Crippen MR) is 116 cm³/mol. The lowest BCUT2D eigenvalue weighted by Gasteiger charge is -2.45. The van der Waals surface area contributed by atoms with Crippen LogP contribution in [-0.4, -0.2) is 86.2 Å². The number of phenolic OH excluding ortho intramolecular Hbond substituents is 1. The van der Waals surface area contributed by atoms with Gasteiger partial charge in [0.25, 0.3) is 0 Å². The maximum absolute atomic E-state index is 11.4. The van der Waals surface area contributed by atoms with Crippen LogP contribution in [0.1, 0.15) is 44.7 Å². The van der Waals surface area contributed by atoms with Gasteiger partial charge >= 0.3 is 5.97 Å². The van der Waals surface area contributed by atoms with Crippen LogP contribution in [0.4, 0.5) is 0 Å². The molecule has 7 atom stereocenters. The Morgan fingerprint density at radius 1 is 1.19 bits per heavy atom. The lowest BCUT2D eigenvalue weighted by atomic mass is 9.75. The number of piperidine rings is 1. The molecular formula is C23H35NO8. The highest BCUT2D eigenvalue weighted by Gasteiger charge is 2.48. The van der Waals surface area contributed by atoms with Gasteiger partial charge in [-0.1, -0.05) is 20.4 Å². The summed E-state index contributed by atoms with van der Waals surface area (Å²) in [6.45, 7) is 4.32. The number of ether oxygens (including phenoxy) is 2. The second kappa shape index (κ2) is 9.93. The highest BCUT2D eigenvalue weighted by Crippen LogP contribution is 2.43. The third-order valence-corrected chi connectivity index (χ3v) is 6.82. The van der Waals surface area contributed by atoms with Gasteiger partial charge in [-0.3, -0.25) is 4.90 Å². The number of aliphatic carboxylic acids is 1. The predicted octanol–water partition coefficient (Wildman–Crippen LogP) is 0.888. The van der Waals surface area contributed by atoms with Gasteiger partial charge in [0.2, 0.25) is 6.29 Å². The second-order valence-corrected chi connectivity index (χ2v) is 8.82. The van der Waals surface area contributed by atoms with Crippen LogP contribution in [0.15, 0.2) is 12.1 Å². The first-order chi connectivity index (χ1) is 14.8. The molecule has 32 heavy (non-hydrogen) atoms. The van der Waals surface area contributed by atoms with E-state index in [0.717, 1.165) is 49.9 Å². The molecule has 0 unspecified atom stereocenters. The zero-order valence-electron chi connectivity index (χ0n) is 17.6. The average molecular weight is 454 g/mol. The van der Waals surface area contributed by atoms with Gasteiger partial charge in [0.15, 0.2) is 17.6 Å². The Bertz CT molecular complexity index is 815. The van der Waals surface area contributed by atoms with E-state index in [1.807, 2.05) is 6.07 Å². The van der Waals surface area contributed by atoms with Crippen molar-refractivity contribution < 1.29 is 39.8 Å². The quantitative estimate of drug-likeness (QED) is 0.440. The summed E-state index contributed by atoms with van der Waals surface area (Å²) in [6.07, 6.45) is -3.72. The topological polar surface area (TPSA) is 140 Å². The molecule has 0 aromatic heterocycles. The largest absolute Gasteiger partial charge is 0.504 e. The van der Waals surface area contributed by atoms with Crippen molar-refractivity contribution in [1.29, 1.82) is 0 Å². The van der Waals surface area contributed by atoms with E-state index in [-0.39, 0.29) is 18.9 Å². The van der Waals surface area contributed by atoms with Crippen molar-refractivity contribution in [1.82, 2.24) is 4.90 Å². The third-order valence-electron chi connectivity index (χ3n) is 6.82. The summed E-state index contributed by atoms with van der Waals surface area (Å²) < 4.78 is 11.0. The number of aromatic hydroxyl groups is 1. The number of carboxylic acids is 1. The Morgan fingerprint density at radius 2 is 1.94 bits per heavy atom. The molecule has 1 aliphatic carbocycles. The van der Waals surface area contributed by atoms with Crippen molar-refractivity contribution in [2.45, 2.75) is 83.2 Å². The van der Waals surface area contributed by atoms with Crippen molar-refractivity contribution in [2.75, 3.05) is 13.1 Å². The molecule has 0 saturated carbocycles. The van der Waals surface area contributed by atoms with Crippen molar-refractivity contribution in [3.05, 3.63) is 23.3 Å². The zero-order valence-corrected chi connectivity index (χ0v) is 17.6. The first kappa shape index (κ1) is 24.7. The van der Waals surface area contributed by atoms with E-state index in [1.165, 1.54) is 6.07 Å². The second-order valence-electron chi connectivity index (χ2n) is 8.82. The molecule has 0 bridgehead atoms. The van der Waals surface area contributed by atoms with E-state index >= 15 is 0 Å².